The molecule has 1 aromatic rings. The van der Waals surface area contributed by atoms with Gasteiger partial charge < -0.3 is 4.74 Å². The molecule has 1 aromatic heterocycles. The van der Waals surface area contributed by atoms with Crippen LogP contribution >= 0.6 is 15.9 Å². The van der Waals surface area contributed by atoms with Crippen molar-refractivity contribution in [2.24, 2.45) is 13.0 Å². The van der Waals surface area contributed by atoms with Gasteiger partial charge in [0, 0.05) is 20.1 Å². The summed E-state index contributed by atoms with van der Waals surface area (Å²) in [6.45, 7) is 4.58. The van der Waals surface area contributed by atoms with Crippen LogP contribution in [0.2, 0.25) is 0 Å². The first-order chi connectivity index (χ1) is 9.02. The topological polar surface area (TPSA) is 47.4 Å². The number of piperidine rings is 1. The normalized spacial score (nSPS) is 20.5. The van der Waals surface area contributed by atoms with Crippen molar-refractivity contribution < 1.29 is 9.53 Å². The van der Waals surface area contributed by atoms with E-state index in [-0.39, 0.29) is 11.9 Å². The summed E-state index contributed by atoms with van der Waals surface area (Å²) in [5.74, 6) is -0.0863. The molecule has 0 radical (unpaired) electrons. The Balaban J connectivity index is 2.04. The lowest BCUT2D eigenvalue weighted by atomic mass is 9.98. The van der Waals surface area contributed by atoms with E-state index < -0.39 is 0 Å². The number of ether oxygens (including phenoxy) is 1. The molecular formula is C13H20BrN3O2. The lowest BCUT2D eigenvalue weighted by molar-refractivity contribution is -0.147. The number of rotatable bonds is 3. The van der Waals surface area contributed by atoms with E-state index >= 15 is 0 Å². The van der Waals surface area contributed by atoms with Crippen molar-refractivity contribution in [3.8, 4) is 0 Å². The number of nitrogens with zero attached hydrogens (tertiary/aromatic N) is 3. The molecule has 2 heterocycles. The predicted molar refractivity (Wildman–Crippen MR) is 75.7 cm³/mol. The minimum absolute atomic E-state index is 0.00634. The number of hydrogen-bond acceptors (Lipinski definition) is 4. The van der Waals surface area contributed by atoms with E-state index in [1.165, 1.54) is 7.11 Å². The van der Waals surface area contributed by atoms with Gasteiger partial charge in [-0.05, 0) is 42.2 Å². The smallest absolute Gasteiger partial charge is 0.309 e. The molecule has 1 atom stereocenters. The van der Waals surface area contributed by atoms with E-state index in [4.69, 9.17) is 4.74 Å². The molecule has 0 spiro atoms. The van der Waals surface area contributed by atoms with Crippen LogP contribution in [-0.4, -0.2) is 40.8 Å². The van der Waals surface area contributed by atoms with Crippen LogP contribution in [0.1, 0.15) is 24.2 Å². The Hall–Kier alpha value is -0.880. The first-order valence-electron chi connectivity index (χ1n) is 6.51. The molecule has 0 unspecified atom stereocenters. The van der Waals surface area contributed by atoms with Gasteiger partial charge in [-0.15, -0.1) is 0 Å². The van der Waals surface area contributed by atoms with Crippen molar-refractivity contribution in [3.63, 3.8) is 0 Å². The molecule has 0 bridgehead atoms. The van der Waals surface area contributed by atoms with Gasteiger partial charge in [0.25, 0.3) is 0 Å². The summed E-state index contributed by atoms with van der Waals surface area (Å²) in [5.41, 5.74) is 2.15. The maximum absolute atomic E-state index is 11.6. The van der Waals surface area contributed by atoms with Gasteiger partial charge in [-0.25, -0.2) is 0 Å². The fourth-order valence-electron chi connectivity index (χ4n) is 2.62. The fraction of sp³-hybridized carbons (Fsp3) is 0.692. The van der Waals surface area contributed by atoms with Gasteiger partial charge in [-0.3, -0.25) is 14.4 Å². The Morgan fingerprint density at radius 1 is 1.58 bits per heavy atom. The summed E-state index contributed by atoms with van der Waals surface area (Å²) < 4.78 is 7.82. The number of esters is 1. The Morgan fingerprint density at radius 2 is 2.32 bits per heavy atom. The molecule has 106 valence electrons. The molecule has 2 rings (SSSR count). The molecule has 0 aromatic carbocycles. The van der Waals surface area contributed by atoms with Gasteiger partial charge in [0.15, 0.2) is 0 Å². The van der Waals surface area contributed by atoms with Crippen LogP contribution in [-0.2, 0) is 23.1 Å². The first kappa shape index (κ1) is 14.5. The monoisotopic (exact) mass is 329 g/mol. The highest BCUT2D eigenvalue weighted by molar-refractivity contribution is 9.10. The SMILES string of the molecule is COC(=O)[C@H]1CCCN(Cc2c(Br)c(C)nn2C)C1. The van der Waals surface area contributed by atoms with Crippen LogP contribution < -0.4 is 0 Å². The van der Waals surface area contributed by atoms with Crippen LogP contribution in [0.4, 0.5) is 0 Å². The van der Waals surface area contributed by atoms with Gasteiger partial charge >= 0.3 is 5.97 Å². The van der Waals surface area contributed by atoms with Gasteiger partial charge in [0.2, 0.25) is 0 Å². The summed E-state index contributed by atoms with van der Waals surface area (Å²) in [6.07, 6.45) is 1.96. The molecule has 0 N–H and O–H groups in total. The lowest BCUT2D eigenvalue weighted by Crippen LogP contribution is -2.39. The number of likely N-dealkylation sites (tertiary alicyclic amines) is 1. The number of aromatic nitrogens is 2. The quantitative estimate of drug-likeness (QED) is 0.794. The van der Waals surface area contributed by atoms with E-state index in [0.29, 0.717) is 0 Å². The van der Waals surface area contributed by atoms with Crippen LogP contribution in [0.15, 0.2) is 4.47 Å². The zero-order chi connectivity index (χ0) is 14.0. The third-order valence-corrected chi connectivity index (χ3v) is 4.71. The maximum atomic E-state index is 11.6. The largest absolute Gasteiger partial charge is 0.469 e. The zero-order valence-electron chi connectivity index (χ0n) is 11.6. The molecule has 1 aliphatic heterocycles. The Morgan fingerprint density at radius 3 is 2.89 bits per heavy atom. The second kappa shape index (κ2) is 6.05. The average Bonchev–Trinajstić information content (AvgIpc) is 2.65. The molecule has 5 nitrogen and oxygen atoms in total. The van der Waals surface area contributed by atoms with Crippen LogP contribution in [0.25, 0.3) is 0 Å². The number of halogens is 1. The minimum atomic E-state index is -0.0926. The van der Waals surface area contributed by atoms with Crippen molar-refractivity contribution in [1.82, 2.24) is 14.7 Å². The predicted octanol–water partition coefficient (Wildman–Crippen LogP) is 1.88. The van der Waals surface area contributed by atoms with E-state index in [2.05, 4.69) is 25.9 Å². The molecule has 1 fully saturated rings. The summed E-state index contributed by atoms with van der Waals surface area (Å²) in [7, 11) is 3.41. The molecular weight excluding hydrogens is 310 g/mol. The second-order valence-electron chi connectivity index (χ2n) is 5.07. The summed E-state index contributed by atoms with van der Waals surface area (Å²) in [5, 5.41) is 4.40. The number of hydrogen-bond donors (Lipinski definition) is 0. The van der Waals surface area contributed by atoms with Gasteiger partial charge in [-0.1, -0.05) is 0 Å². The van der Waals surface area contributed by atoms with Crippen molar-refractivity contribution >= 4 is 21.9 Å². The number of carbonyl (C=O) groups excluding carboxylic acids is 1. The van der Waals surface area contributed by atoms with Gasteiger partial charge in [-0.2, -0.15) is 5.10 Å². The van der Waals surface area contributed by atoms with Crippen molar-refractivity contribution in [3.05, 3.63) is 15.9 Å². The molecule has 0 saturated carbocycles. The standard InChI is InChI=1S/C13H20BrN3O2/c1-9-12(14)11(16(2)15-9)8-17-6-4-5-10(7-17)13(18)19-3/h10H,4-8H2,1-3H3/t10-/m0/s1. The highest BCUT2D eigenvalue weighted by Crippen LogP contribution is 2.24. The number of aryl methyl sites for hydroxylation is 2. The summed E-state index contributed by atoms with van der Waals surface area (Å²) in [6, 6.07) is 0. The van der Waals surface area contributed by atoms with E-state index in [9.17, 15) is 4.79 Å². The maximum Gasteiger partial charge on any atom is 0.309 e. The molecule has 0 amide bonds. The molecule has 0 aliphatic carbocycles. The first-order valence-corrected chi connectivity index (χ1v) is 7.30. The van der Waals surface area contributed by atoms with Gasteiger partial charge in [0.05, 0.1) is 28.9 Å². The van der Waals surface area contributed by atoms with E-state index in [1.54, 1.807) is 0 Å². The third-order valence-electron chi connectivity index (χ3n) is 3.68. The highest BCUT2D eigenvalue weighted by Gasteiger charge is 2.27. The van der Waals surface area contributed by atoms with Crippen LogP contribution in [0.5, 0.6) is 0 Å². The zero-order valence-corrected chi connectivity index (χ0v) is 13.2. The van der Waals surface area contributed by atoms with E-state index in [1.807, 2.05) is 18.7 Å². The Kier molecular flexibility index (Phi) is 4.62. The number of carbonyl (C=O) groups is 1. The lowest BCUT2D eigenvalue weighted by Gasteiger charge is -2.31. The average molecular weight is 330 g/mol. The third kappa shape index (κ3) is 3.17. The highest BCUT2D eigenvalue weighted by atomic mass is 79.9. The van der Waals surface area contributed by atoms with Crippen LogP contribution in [0.3, 0.4) is 0 Å². The number of methoxy groups -OCH3 is 1. The fourth-order valence-corrected chi connectivity index (χ4v) is 3.08. The molecule has 6 heteroatoms. The summed E-state index contributed by atoms with van der Waals surface area (Å²) in [4.78, 5) is 13.9. The molecule has 1 aliphatic rings. The van der Waals surface area contributed by atoms with Crippen LogP contribution in [0, 0.1) is 12.8 Å². The second-order valence-corrected chi connectivity index (χ2v) is 5.86. The molecule has 1 saturated heterocycles. The van der Waals surface area contributed by atoms with Gasteiger partial charge in [0.1, 0.15) is 0 Å². The molecule has 19 heavy (non-hydrogen) atoms. The summed E-state index contributed by atoms with van der Waals surface area (Å²) >= 11 is 3.58. The van der Waals surface area contributed by atoms with E-state index in [0.717, 1.165) is 48.3 Å². The Bertz CT molecular complexity index is 473. The van der Waals surface area contributed by atoms with Crippen molar-refractivity contribution in [1.29, 1.82) is 0 Å². The van der Waals surface area contributed by atoms with Crippen molar-refractivity contribution in [2.45, 2.75) is 26.3 Å². The van der Waals surface area contributed by atoms with Crippen molar-refractivity contribution in [2.75, 3.05) is 20.2 Å². The Labute approximate surface area is 122 Å². The minimum Gasteiger partial charge on any atom is -0.469 e.